The minimum atomic E-state index is 0.864. The minimum absolute atomic E-state index is 0.864. The predicted molar refractivity (Wildman–Crippen MR) is 208 cm³/mol. The summed E-state index contributed by atoms with van der Waals surface area (Å²) in [4.78, 5) is 10.6. The van der Waals surface area contributed by atoms with Crippen molar-refractivity contribution >= 4 is 76.2 Å². The summed E-state index contributed by atoms with van der Waals surface area (Å²) in [5.41, 5.74) is 12.0. The number of nitrogens with zero attached hydrogens (tertiary/aromatic N) is 4. The van der Waals surface area contributed by atoms with E-state index < -0.39 is 0 Å². The Hall–Kier alpha value is -6.78. The van der Waals surface area contributed by atoms with Crippen LogP contribution in [0, 0.1) is 0 Å². The van der Waals surface area contributed by atoms with Gasteiger partial charge in [0.25, 0.3) is 0 Å². The average molecular weight is 635 g/mol. The summed E-state index contributed by atoms with van der Waals surface area (Å²) in [5, 5.41) is 10.0. The third-order valence-electron chi connectivity index (χ3n) is 10.8. The van der Waals surface area contributed by atoms with Crippen LogP contribution in [0.4, 0.5) is 0 Å². The van der Waals surface area contributed by atoms with Crippen molar-refractivity contribution in [3.63, 3.8) is 0 Å². The van der Waals surface area contributed by atoms with Crippen LogP contribution in [0.25, 0.3) is 110 Å². The first-order chi connectivity index (χ1) is 24.8. The predicted octanol–water partition coefficient (Wildman–Crippen LogP) is 11.8. The molecular formula is C46H26N4. The summed E-state index contributed by atoms with van der Waals surface area (Å²) in [6, 6.07) is 57.1. The molecule has 0 amide bonds. The molecule has 230 valence electrons. The molecule has 0 N–H and O–H groups in total. The number of fused-ring (bicyclic) bond motifs is 16. The molecule has 0 radical (unpaired) electrons. The molecule has 4 heterocycles. The Kier molecular flexibility index (Phi) is 4.94. The molecule has 12 rings (SSSR count). The number of hydrogen-bond donors (Lipinski definition) is 0. The van der Waals surface area contributed by atoms with Crippen LogP contribution in [0.5, 0.6) is 0 Å². The van der Waals surface area contributed by atoms with Gasteiger partial charge in [0, 0.05) is 38.4 Å². The molecule has 8 aromatic carbocycles. The summed E-state index contributed by atoms with van der Waals surface area (Å²) in [6.07, 6.45) is 0. The van der Waals surface area contributed by atoms with Gasteiger partial charge in [0.15, 0.2) is 5.82 Å². The van der Waals surface area contributed by atoms with Gasteiger partial charge >= 0.3 is 0 Å². The molecule has 4 nitrogen and oxygen atoms in total. The van der Waals surface area contributed by atoms with Gasteiger partial charge < -0.3 is 4.57 Å². The van der Waals surface area contributed by atoms with Gasteiger partial charge in [-0.25, -0.2) is 9.97 Å². The Bertz CT molecular complexity index is 3180. The standard InChI is InChI=1S/C46H26N4/c1-3-12-30-27(10-1)20-23-40-42(30)43-31-13-4-2-11-28(31)21-24-41(43)49(40)29-22-25-39-36(26-29)35-17-9-16-34-32-14-5-6-15-33(32)44-46(50(39)45(34)35)48-38-19-8-7-18-37(38)47-44/h1-26H. The summed E-state index contributed by atoms with van der Waals surface area (Å²) in [5.74, 6) is 0.864. The van der Waals surface area contributed by atoms with Gasteiger partial charge in [0.05, 0.1) is 33.1 Å². The Balaban J connectivity index is 1.23. The van der Waals surface area contributed by atoms with Crippen molar-refractivity contribution in [1.29, 1.82) is 0 Å². The highest BCUT2D eigenvalue weighted by atomic mass is 15.1. The molecule has 0 unspecified atom stereocenters. The fourth-order valence-electron chi connectivity index (χ4n) is 8.71. The molecule has 0 bridgehead atoms. The zero-order valence-corrected chi connectivity index (χ0v) is 26.8. The van der Waals surface area contributed by atoms with Crippen molar-refractivity contribution in [3.05, 3.63) is 158 Å². The zero-order valence-electron chi connectivity index (χ0n) is 26.8. The van der Waals surface area contributed by atoms with Crippen molar-refractivity contribution in [2.45, 2.75) is 0 Å². The molecule has 3 aromatic heterocycles. The minimum Gasteiger partial charge on any atom is -0.309 e. The maximum atomic E-state index is 5.33. The lowest BCUT2D eigenvalue weighted by Crippen LogP contribution is -2.02. The largest absolute Gasteiger partial charge is 0.309 e. The summed E-state index contributed by atoms with van der Waals surface area (Å²) >= 11 is 0. The van der Waals surface area contributed by atoms with E-state index in [1.807, 2.05) is 12.1 Å². The number of para-hydroxylation sites is 3. The van der Waals surface area contributed by atoms with E-state index in [-0.39, 0.29) is 0 Å². The van der Waals surface area contributed by atoms with E-state index in [0.717, 1.165) is 44.8 Å². The van der Waals surface area contributed by atoms with Crippen LogP contribution in [-0.4, -0.2) is 19.1 Å². The molecule has 0 spiro atoms. The molecule has 11 aromatic rings. The molecule has 0 fully saturated rings. The lowest BCUT2D eigenvalue weighted by Gasteiger charge is -2.13. The zero-order chi connectivity index (χ0) is 32.5. The highest BCUT2D eigenvalue weighted by molar-refractivity contribution is 6.28. The van der Waals surface area contributed by atoms with E-state index in [1.54, 1.807) is 0 Å². The van der Waals surface area contributed by atoms with Crippen LogP contribution in [0.3, 0.4) is 0 Å². The van der Waals surface area contributed by atoms with Crippen LogP contribution in [-0.2, 0) is 0 Å². The van der Waals surface area contributed by atoms with Crippen molar-refractivity contribution in [2.24, 2.45) is 0 Å². The first kappa shape index (κ1) is 26.2. The Morgan fingerprint density at radius 2 is 0.960 bits per heavy atom. The second-order valence-electron chi connectivity index (χ2n) is 13.4. The van der Waals surface area contributed by atoms with E-state index in [1.165, 1.54) is 65.3 Å². The van der Waals surface area contributed by atoms with Gasteiger partial charge in [-0.1, -0.05) is 115 Å². The third kappa shape index (κ3) is 3.30. The van der Waals surface area contributed by atoms with E-state index in [2.05, 4.69) is 155 Å². The topological polar surface area (TPSA) is 35.6 Å². The molecule has 0 atom stereocenters. The van der Waals surface area contributed by atoms with Crippen LogP contribution < -0.4 is 0 Å². The fourth-order valence-corrected chi connectivity index (χ4v) is 8.71. The van der Waals surface area contributed by atoms with Crippen LogP contribution in [0.1, 0.15) is 0 Å². The summed E-state index contributed by atoms with van der Waals surface area (Å²) in [7, 11) is 0. The van der Waals surface area contributed by atoms with Gasteiger partial charge in [-0.3, -0.25) is 4.57 Å². The highest BCUT2D eigenvalue weighted by Crippen LogP contribution is 2.47. The number of benzene rings is 8. The van der Waals surface area contributed by atoms with Gasteiger partial charge in [-0.05, 0) is 69.6 Å². The van der Waals surface area contributed by atoms with Crippen molar-refractivity contribution in [1.82, 2.24) is 19.1 Å². The number of aromatic nitrogens is 4. The van der Waals surface area contributed by atoms with Gasteiger partial charge in [0.1, 0.15) is 5.69 Å². The maximum absolute atomic E-state index is 5.33. The van der Waals surface area contributed by atoms with Gasteiger partial charge in [-0.15, -0.1) is 0 Å². The Morgan fingerprint density at radius 3 is 1.70 bits per heavy atom. The summed E-state index contributed by atoms with van der Waals surface area (Å²) in [6.45, 7) is 0. The Labute approximate surface area is 286 Å². The molecule has 0 aliphatic carbocycles. The first-order valence-electron chi connectivity index (χ1n) is 17.1. The van der Waals surface area contributed by atoms with Crippen molar-refractivity contribution in [3.8, 4) is 33.9 Å². The first-order valence-corrected chi connectivity index (χ1v) is 17.1. The second-order valence-corrected chi connectivity index (χ2v) is 13.4. The van der Waals surface area contributed by atoms with Crippen LogP contribution in [0.15, 0.2) is 158 Å². The highest BCUT2D eigenvalue weighted by Gasteiger charge is 2.27. The van der Waals surface area contributed by atoms with Gasteiger partial charge in [-0.2, -0.15) is 0 Å². The monoisotopic (exact) mass is 634 g/mol. The maximum Gasteiger partial charge on any atom is 0.165 e. The lowest BCUT2D eigenvalue weighted by molar-refractivity contribution is 1.08. The molecule has 1 aliphatic rings. The smallest absolute Gasteiger partial charge is 0.165 e. The molecule has 0 saturated heterocycles. The third-order valence-corrected chi connectivity index (χ3v) is 10.8. The van der Waals surface area contributed by atoms with E-state index in [0.29, 0.717) is 0 Å². The number of hydrogen-bond acceptors (Lipinski definition) is 2. The second kappa shape index (κ2) is 9.43. The van der Waals surface area contributed by atoms with Crippen LogP contribution in [0.2, 0.25) is 0 Å². The Morgan fingerprint density at radius 1 is 0.380 bits per heavy atom. The van der Waals surface area contributed by atoms with E-state index in [9.17, 15) is 0 Å². The van der Waals surface area contributed by atoms with Crippen LogP contribution >= 0.6 is 0 Å². The molecule has 50 heavy (non-hydrogen) atoms. The SMILES string of the molecule is c1ccc2c(c1)-c1nc3ccccc3nc1-n1c3ccc(-n4c5ccc6ccccc6c5c5c6ccccc6ccc54)cc3c3cccc-2c31. The quantitative estimate of drug-likeness (QED) is 0.180. The lowest BCUT2D eigenvalue weighted by atomic mass is 9.96. The average Bonchev–Trinajstić information content (AvgIpc) is 3.67. The fraction of sp³-hybridized carbons (Fsp3) is 0. The van der Waals surface area contributed by atoms with Crippen molar-refractivity contribution in [2.75, 3.05) is 0 Å². The van der Waals surface area contributed by atoms with E-state index in [4.69, 9.17) is 9.97 Å². The molecular weight excluding hydrogens is 609 g/mol. The normalized spacial score (nSPS) is 12.4. The van der Waals surface area contributed by atoms with Gasteiger partial charge in [0.2, 0.25) is 0 Å². The van der Waals surface area contributed by atoms with E-state index >= 15 is 0 Å². The molecule has 0 saturated carbocycles. The molecule has 1 aliphatic heterocycles. The molecule has 4 heteroatoms. The number of rotatable bonds is 1. The van der Waals surface area contributed by atoms with Crippen molar-refractivity contribution < 1.29 is 0 Å². The summed E-state index contributed by atoms with van der Waals surface area (Å²) < 4.78 is 4.81.